The van der Waals surface area contributed by atoms with Crippen LogP contribution in [0.5, 0.6) is 0 Å². The van der Waals surface area contributed by atoms with Crippen molar-refractivity contribution in [2.45, 2.75) is 19.8 Å². The van der Waals surface area contributed by atoms with E-state index in [1.54, 1.807) is 25.3 Å². The first kappa shape index (κ1) is 20.1. The molecule has 134 valence electrons. The molecule has 0 spiro atoms. The smallest absolute Gasteiger partial charge is 0.232 e. The van der Waals surface area contributed by atoms with Gasteiger partial charge in [0.05, 0.1) is 11.9 Å². The first-order chi connectivity index (χ1) is 11.3. The van der Waals surface area contributed by atoms with Crippen molar-refractivity contribution < 1.29 is 22.7 Å². The normalized spacial score (nSPS) is 11.1. The minimum atomic E-state index is -3.56. The van der Waals surface area contributed by atoms with Gasteiger partial charge in [-0.25, -0.2) is 8.42 Å². The molecule has 0 fully saturated rings. The Bertz CT molecular complexity index is 673. The lowest BCUT2D eigenvalue weighted by molar-refractivity contribution is -0.120. The van der Waals surface area contributed by atoms with Crippen molar-refractivity contribution in [2.24, 2.45) is 0 Å². The van der Waals surface area contributed by atoms with Crippen molar-refractivity contribution in [1.29, 1.82) is 0 Å². The van der Waals surface area contributed by atoms with Gasteiger partial charge in [0.15, 0.2) is 5.78 Å². The lowest BCUT2D eigenvalue weighted by atomic mass is 10.1. The maximum Gasteiger partial charge on any atom is 0.232 e. The van der Waals surface area contributed by atoms with E-state index in [0.717, 1.165) is 10.6 Å². The van der Waals surface area contributed by atoms with Crippen molar-refractivity contribution >= 4 is 27.4 Å². The Morgan fingerprint density at radius 1 is 1.29 bits per heavy atom. The Kier molecular flexibility index (Phi) is 7.87. The number of hydrogen-bond acceptors (Lipinski definition) is 5. The van der Waals surface area contributed by atoms with E-state index >= 15 is 0 Å². The van der Waals surface area contributed by atoms with Gasteiger partial charge in [-0.1, -0.05) is 12.1 Å². The molecule has 7 nitrogen and oxygen atoms in total. The summed E-state index contributed by atoms with van der Waals surface area (Å²) in [5, 5.41) is 2.71. The summed E-state index contributed by atoms with van der Waals surface area (Å²) in [5.74, 6) is -0.385. The largest absolute Gasteiger partial charge is 0.385 e. The molecule has 0 aromatic heterocycles. The third-order valence-corrected chi connectivity index (χ3v) is 4.52. The van der Waals surface area contributed by atoms with Crippen molar-refractivity contribution in [3.63, 3.8) is 0 Å². The number of nitrogens with one attached hydrogen (secondary N) is 1. The third-order valence-electron chi connectivity index (χ3n) is 3.33. The molecular weight excluding hydrogens is 332 g/mol. The average Bonchev–Trinajstić information content (AvgIpc) is 2.50. The molecule has 1 aromatic carbocycles. The van der Waals surface area contributed by atoms with E-state index in [0.29, 0.717) is 30.8 Å². The zero-order valence-electron chi connectivity index (χ0n) is 14.2. The van der Waals surface area contributed by atoms with Gasteiger partial charge < -0.3 is 10.1 Å². The number of ketones is 1. The number of Topliss-reactive ketones (excluding diaryl/α,β-unsaturated/α-hetero) is 1. The maximum atomic E-state index is 12.0. The summed E-state index contributed by atoms with van der Waals surface area (Å²) in [6, 6.07) is 6.35. The van der Waals surface area contributed by atoms with E-state index < -0.39 is 10.0 Å². The van der Waals surface area contributed by atoms with Crippen molar-refractivity contribution in [3.05, 3.63) is 29.8 Å². The van der Waals surface area contributed by atoms with Gasteiger partial charge in [0, 0.05) is 38.8 Å². The molecule has 1 N–H and O–H groups in total. The average molecular weight is 356 g/mol. The molecule has 1 aromatic rings. The lowest BCUT2D eigenvalue weighted by Gasteiger charge is -2.22. The first-order valence-corrected chi connectivity index (χ1v) is 9.45. The lowest BCUT2D eigenvalue weighted by Crippen LogP contribution is -2.35. The molecule has 8 heteroatoms. The van der Waals surface area contributed by atoms with E-state index in [-0.39, 0.29) is 24.7 Å². The molecule has 0 atom stereocenters. The summed E-state index contributed by atoms with van der Waals surface area (Å²) < 4.78 is 30.1. The van der Waals surface area contributed by atoms with Crippen LogP contribution in [0.3, 0.4) is 0 Å². The van der Waals surface area contributed by atoms with Crippen LogP contribution < -0.4 is 9.62 Å². The van der Waals surface area contributed by atoms with Crippen LogP contribution in [-0.2, 0) is 19.6 Å². The monoisotopic (exact) mass is 356 g/mol. The van der Waals surface area contributed by atoms with Gasteiger partial charge >= 0.3 is 0 Å². The number of anilines is 1. The van der Waals surface area contributed by atoms with E-state index in [1.165, 1.54) is 13.0 Å². The quantitative estimate of drug-likeness (QED) is 0.502. The molecule has 0 bridgehead atoms. The van der Waals surface area contributed by atoms with E-state index in [4.69, 9.17) is 4.74 Å². The Hall–Kier alpha value is -1.93. The highest BCUT2D eigenvalue weighted by molar-refractivity contribution is 7.92. The minimum absolute atomic E-state index is 0.0102. The van der Waals surface area contributed by atoms with Crippen LogP contribution in [-0.4, -0.2) is 53.2 Å². The number of benzene rings is 1. The molecule has 0 aliphatic rings. The van der Waals surface area contributed by atoms with Gasteiger partial charge in [0.1, 0.15) is 0 Å². The third kappa shape index (κ3) is 6.67. The summed E-state index contributed by atoms with van der Waals surface area (Å²) in [4.78, 5) is 23.3. The molecule has 0 radical (unpaired) electrons. The number of methoxy groups -OCH3 is 1. The molecule has 0 saturated heterocycles. The number of rotatable bonds is 10. The molecule has 1 amide bonds. The fraction of sp³-hybridized carbons (Fsp3) is 0.500. The van der Waals surface area contributed by atoms with E-state index in [9.17, 15) is 18.0 Å². The Labute approximate surface area is 143 Å². The fourth-order valence-corrected chi connectivity index (χ4v) is 3.02. The molecule has 0 heterocycles. The molecule has 1 rings (SSSR count). The second kappa shape index (κ2) is 9.39. The molecule has 24 heavy (non-hydrogen) atoms. The minimum Gasteiger partial charge on any atom is -0.385 e. The van der Waals surface area contributed by atoms with Crippen molar-refractivity contribution in [3.8, 4) is 0 Å². The summed E-state index contributed by atoms with van der Waals surface area (Å²) in [7, 11) is -1.98. The van der Waals surface area contributed by atoms with Gasteiger partial charge in [-0.3, -0.25) is 13.9 Å². The summed E-state index contributed by atoms with van der Waals surface area (Å²) in [6.07, 6.45) is 1.80. The van der Waals surface area contributed by atoms with Gasteiger partial charge in [-0.05, 0) is 25.5 Å². The number of nitrogens with zero attached hydrogens (tertiary/aromatic N) is 1. The maximum absolute atomic E-state index is 12.0. The van der Waals surface area contributed by atoms with Gasteiger partial charge in [0.2, 0.25) is 15.9 Å². The summed E-state index contributed by atoms with van der Waals surface area (Å²) in [6.45, 7) is 2.45. The Balaban J connectivity index is 2.76. The molecule has 0 saturated carbocycles. The number of sulfonamides is 1. The predicted molar refractivity (Wildman–Crippen MR) is 92.8 cm³/mol. The molecule has 0 unspecified atom stereocenters. The zero-order chi connectivity index (χ0) is 18.2. The predicted octanol–water partition coefficient (Wildman–Crippen LogP) is 1.20. The molecule has 0 aliphatic carbocycles. The highest BCUT2D eigenvalue weighted by Gasteiger charge is 2.19. The second-order valence-electron chi connectivity index (χ2n) is 5.39. The first-order valence-electron chi connectivity index (χ1n) is 7.60. The van der Waals surface area contributed by atoms with Crippen LogP contribution in [0.1, 0.15) is 30.1 Å². The number of carbonyl (C=O) groups excluding carboxylic acids is 2. The van der Waals surface area contributed by atoms with Crippen LogP contribution in [0, 0.1) is 0 Å². The number of ether oxygens (including phenoxy) is 1. The Morgan fingerprint density at radius 3 is 2.58 bits per heavy atom. The van der Waals surface area contributed by atoms with E-state index in [2.05, 4.69) is 5.32 Å². The summed E-state index contributed by atoms with van der Waals surface area (Å²) in [5.41, 5.74) is 0.794. The second-order valence-corrected chi connectivity index (χ2v) is 7.29. The van der Waals surface area contributed by atoms with Gasteiger partial charge in [-0.2, -0.15) is 0 Å². The van der Waals surface area contributed by atoms with Crippen molar-refractivity contribution in [1.82, 2.24) is 5.32 Å². The highest BCUT2D eigenvalue weighted by atomic mass is 32.2. The Morgan fingerprint density at radius 2 is 2.00 bits per heavy atom. The summed E-state index contributed by atoms with van der Waals surface area (Å²) >= 11 is 0. The number of hydrogen-bond donors (Lipinski definition) is 1. The molecule has 0 aliphatic heterocycles. The number of carbonyl (C=O) groups is 2. The fourth-order valence-electron chi connectivity index (χ4n) is 2.10. The SMILES string of the molecule is COCCCNC(=O)CCN(c1cccc(C(C)=O)c1)S(C)(=O)=O. The van der Waals surface area contributed by atoms with Crippen LogP contribution in [0.15, 0.2) is 24.3 Å². The van der Waals surface area contributed by atoms with Crippen LogP contribution in [0.25, 0.3) is 0 Å². The van der Waals surface area contributed by atoms with Crippen LogP contribution in [0.2, 0.25) is 0 Å². The van der Waals surface area contributed by atoms with Gasteiger partial charge in [-0.15, -0.1) is 0 Å². The molecular formula is C16H24N2O5S. The standard InChI is InChI=1S/C16H24N2O5S/c1-13(19)14-6-4-7-15(12-14)18(24(3,21)22)10-8-16(20)17-9-5-11-23-2/h4,6-7,12H,5,8-11H2,1-3H3,(H,17,20). The zero-order valence-corrected chi connectivity index (χ0v) is 15.1. The van der Waals surface area contributed by atoms with Crippen LogP contribution in [0.4, 0.5) is 5.69 Å². The van der Waals surface area contributed by atoms with Crippen molar-refractivity contribution in [2.75, 3.05) is 37.4 Å². The highest BCUT2D eigenvalue weighted by Crippen LogP contribution is 2.19. The topological polar surface area (TPSA) is 92.8 Å². The van der Waals surface area contributed by atoms with Gasteiger partial charge in [0.25, 0.3) is 0 Å². The van der Waals surface area contributed by atoms with E-state index in [1.807, 2.05) is 0 Å². The van der Waals surface area contributed by atoms with Crippen LogP contribution >= 0.6 is 0 Å². The number of amides is 1.